The van der Waals surface area contributed by atoms with Crippen molar-refractivity contribution in [1.82, 2.24) is 0 Å². The Labute approximate surface area is 251 Å². The third-order valence-electron chi connectivity index (χ3n) is 5.71. The molecule has 3 aromatic carbocycles. The lowest BCUT2D eigenvalue weighted by Crippen LogP contribution is -2.16. The van der Waals surface area contributed by atoms with Gasteiger partial charge in [0, 0.05) is 33.4 Å². The summed E-state index contributed by atoms with van der Waals surface area (Å²) in [6.07, 6.45) is 0. The Bertz CT molecular complexity index is 1690. The van der Waals surface area contributed by atoms with Gasteiger partial charge in [-0.1, -0.05) is 74.8 Å². The number of hydrogen-bond acceptors (Lipinski definition) is 2. The van der Waals surface area contributed by atoms with E-state index in [-0.39, 0.29) is 11.1 Å². The molecule has 0 saturated carbocycles. The van der Waals surface area contributed by atoms with Gasteiger partial charge < -0.3 is 10.2 Å². The molecule has 0 saturated heterocycles. The van der Waals surface area contributed by atoms with Gasteiger partial charge in [-0.3, -0.25) is 0 Å². The maximum Gasteiger partial charge on any atom is 0.338 e. The highest BCUT2D eigenvalue weighted by Gasteiger charge is 2.17. The largest absolute Gasteiger partial charge is 0.478 e. The molecule has 0 aliphatic carbocycles. The van der Waals surface area contributed by atoms with Crippen LogP contribution in [0.25, 0.3) is 0 Å². The number of carboxylic acids is 2. The first-order chi connectivity index (χ1) is 19.5. The fraction of sp³-hybridized carbons (Fsp3) is 0.222. The van der Waals surface area contributed by atoms with Crippen LogP contribution < -0.4 is 0 Å². The van der Waals surface area contributed by atoms with Crippen LogP contribution >= 0.6 is 0 Å². The molecule has 0 aromatic heterocycles. The van der Waals surface area contributed by atoms with Crippen LogP contribution in [0.5, 0.6) is 0 Å². The van der Waals surface area contributed by atoms with Gasteiger partial charge in [0.25, 0.3) is 0 Å². The van der Waals surface area contributed by atoms with Crippen LogP contribution in [-0.4, -0.2) is 38.3 Å². The van der Waals surface area contributed by atoms with Crippen LogP contribution in [0.15, 0.2) is 48.5 Å². The highest BCUT2D eigenvalue weighted by atomic mass is 28.3. The lowest BCUT2D eigenvalue weighted by molar-refractivity contribution is 0.0685. The van der Waals surface area contributed by atoms with Crippen molar-refractivity contribution in [1.29, 1.82) is 0 Å². The fourth-order valence-electron chi connectivity index (χ4n) is 3.85. The molecule has 3 rings (SSSR count). The molecule has 4 nitrogen and oxygen atoms in total. The molecular formula is C36H34O4Si2. The van der Waals surface area contributed by atoms with E-state index in [0.29, 0.717) is 33.4 Å². The normalized spacial score (nSPS) is 10.5. The van der Waals surface area contributed by atoms with E-state index in [4.69, 9.17) is 0 Å². The van der Waals surface area contributed by atoms with Crippen LogP contribution in [0.3, 0.4) is 0 Å². The molecule has 0 radical (unpaired) electrons. The monoisotopic (exact) mass is 586 g/mol. The minimum atomic E-state index is -1.70. The average Bonchev–Trinajstić information content (AvgIpc) is 2.87. The molecule has 0 bridgehead atoms. The van der Waals surface area contributed by atoms with Crippen molar-refractivity contribution in [3.63, 3.8) is 0 Å². The molecule has 0 fully saturated rings. The van der Waals surface area contributed by atoms with Crippen molar-refractivity contribution in [2.45, 2.75) is 53.1 Å². The van der Waals surface area contributed by atoms with E-state index in [1.165, 1.54) is 0 Å². The van der Waals surface area contributed by atoms with E-state index >= 15 is 0 Å². The van der Waals surface area contributed by atoms with E-state index in [0.717, 1.165) is 11.1 Å². The second-order valence-electron chi connectivity index (χ2n) is 12.2. The number of hydrogen-bond donors (Lipinski definition) is 2. The Kier molecular flexibility index (Phi) is 9.73. The van der Waals surface area contributed by atoms with Gasteiger partial charge in [-0.05, 0) is 73.5 Å². The van der Waals surface area contributed by atoms with Crippen molar-refractivity contribution < 1.29 is 19.8 Å². The second kappa shape index (κ2) is 12.8. The first-order valence-corrected chi connectivity index (χ1v) is 20.5. The summed E-state index contributed by atoms with van der Waals surface area (Å²) >= 11 is 0. The quantitative estimate of drug-likeness (QED) is 0.252. The Balaban J connectivity index is 1.98. The Morgan fingerprint density at radius 2 is 0.810 bits per heavy atom. The van der Waals surface area contributed by atoms with Gasteiger partial charge in [-0.15, -0.1) is 11.1 Å². The summed E-state index contributed by atoms with van der Waals surface area (Å²) < 4.78 is 0. The summed E-state index contributed by atoms with van der Waals surface area (Å²) in [6, 6.07) is 14.3. The maximum atomic E-state index is 12.1. The first kappa shape index (κ1) is 31.8. The maximum absolute atomic E-state index is 12.1. The number of benzene rings is 3. The van der Waals surface area contributed by atoms with Crippen molar-refractivity contribution in [3.05, 3.63) is 104 Å². The third kappa shape index (κ3) is 9.16. The smallest absolute Gasteiger partial charge is 0.338 e. The number of carbonyl (C=O) groups is 2. The van der Waals surface area contributed by atoms with Crippen LogP contribution in [0.4, 0.5) is 0 Å². The predicted octanol–water partition coefficient (Wildman–Crippen LogP) is 6.96. The van der Waals surface area contributed by atoms with Gasteiger partial charge >= 0.3 is 11.9 Å². The van der Waals surface area contributed by atoms with E-state index in [1.807, 2.05) is 13.8 Å². The molecule has 6 heteroatoms. The molecule has 0 amide bonds. The number of aryl methyl sites for hydroxylation is 2. The van der Waals surface area contributed by atoms with Crippen LogP contribution in [0.2, 0.25) is 39.3 Å². The van der Waals surface area contributed by atoms with Gasteiger partial charge in [0.15, 0.2) is 0 Å². The van der Waals surface area contributed by atoms with Gasteiger partial charge in [-0.25, -0.2) is 9.59 Å². The topological polar surface area (TPSA) is 74.6 Å². The van der Waals surface area contributed by atoms with E-state index in [1.54, 1.807) is 48.5 Å². The van der Waals surface area contributed by atoms with E-state index in [9.17, 15) is 19.8 Å². The van der Waals surface area contributed by atoms with Gasteiger partial charge in [0.05, 0.1) is 11.1 Å². The summed E-state index contributed by atoms with van der Waals surface area (Å²) in [4.78, 5) is 24.3. The highest BCUT2D eigenvalue weighted by Crippen LogP contribution is 2.19. The van der Waals surface area contributed by atoms with Crippen molar-refractivity contribution in [3.8, 4) is 46.6 Å². The minimum Gasteiger partial charge on any atom is -0.478 e. The van der Waals surface area contributed by atoms with Gasteiger partial charge in [0.2, 0.25) is 0 Å². The molecule has 0 aliphatic rings. The molecule has 0 atom stereocenters. The molecule has 210 valence electrons. The van der Waals surface area contributed by atoms with Gasteiger partial charge in [-0.2, -0.15) is 0 Å². The number of rotatable bonds is 2. The van der Waals surface area contributed by atoms with Crippen molar-refractivity contribution in [2.24, 2.45) is 0 Å². The number of aromatic carboxylic acids is 2. The third-order valence-corrected chi connectivity index (χ3v) is 7.46. The predicted molar refractivity (Wildman–Crippen MR) is 175 cm³/mol. The summed E-state index contributed by atoms with van der Waals surface area (Å²) in [5, 5.41) is 19.9. The fourth-order valence-corrected chi connectivity index (χ4v) is 4.87. The molecule has 0 heterocycles. The molecule has 3 aromatic rings. The zero-order chi connectivity index (χ0) is 31.2. The minimum absolute atomic E-state index is 0.114. The zero-order valence-electron chi connectivity index (χ0n) is 25.3. The van der Waals surface area contributed by atoms with Crippen molar-refractivity contribution in [2.75, 3.05) is 0 Å². The SMILES string of the molecule is Cc1cc(C#Cc2ccc(C#Cc3cc(C)cc(C#C[Si](C)(C)C)c3C(=O)O)cc2)c(C(=O)O)c(C#C[Si](C)(C)C)c1. The average molecular weight is 587 g/mol. The van der Waals surface area contributed by atoms with Crippen LogP contribution in [-0.2, 0) is 0 Å². The van der Waals surface area contributed by atoms with Crippen LogP contribution in [0.1, 0.15) is 65.2 Å². The lowest BCUT2D eigenvalue weighted by Gasteiger charge is -2.07. The highest BCUT2D eigenvalue weighted by molar-refractivity contribution is 6.84. The first-order valence-electron chi connectivity index (χ1n) is 13.5. The molecule has 42 heavy (non-hydrogen) atoms. The Morgan fingerprint density at radius 3 is 1.07 bits per heavy atom. The molecular weight excluding hydrogens is 553 g/mol. The van der Waals surface area contributed by atoms with Crippen LogP contribution in [0, 0.1) is 60.5 Å². The molecule has 0 spiro atoms. The molecule has 2 N–H and O–H groups in total. The molecule has 0 unspecified atom stereocenters. The molecule has 0 aliphatic heterocycles. The lowest BCUT2D eigenvalue weighted by atomic mass is 9.98. The standard InChI is InChI=1S/C36H34O4Si2/c1-25-21-29(33(35(37)38)31(23-25)17-19-41(3,4)5)15-13-27-9-11-28(12-10-27)14-16-30-22-26(2)24-32(34(30)36(39)40)18-20-42(6,7)8/h9-12,21-24H,1-8H3,(H,37,38)(H,39,40). The van der Waals surface area contributed by atoms with E-state index < -0.39 is 28.1 Å². The van der Waals surface area contributed by atoms with E-state index in [2.05, 4.69) is 85.9 Å². The van der Waals surface area contributed by atoms with Crippen molar-refractivity contribution >= 4 is 28.1 Å². The van der Waals surface area contributed by atoms with Gasteiger partial charge in [0.1, 0.15) is 16.1 Å². The summed E-state index contributed by atoms with van der Waals surface area (Å²) in [5.41, 5.74) is 11.7. The summed E-state index contributed by atoms with van der Waals surface area (Å²) in [5.74, 6) is 16.2. The summed E-state index contributed by atoms with van der Waals surface area (Å²) in [6.45, 7) is 16.5. The second-order valence-corrected chi connectivity index (χ2v) is 21.7. The Hall–Kier alpha value is -4.73. The summed E-state index contributed by atoms with van der Waals surface area (Å²) in [7, 11) is -3.40. The number of carboxylic acid groups (broad SMARTS) is 2. The Morgan fingerprint density at radius 1 is 0.524 bits per heavy atom. The zero-order valence-corrected chi connectivity index (χ0v) is 27.3.